The number of rotatable bonds is 7. The highest BCUT2D eigenvalue weighted by Gasteiger charge is 2.39. The molecule has 1 saturated carbocycles. The summed E-state index contributed by atoms with van der Waals surface area (Å²) in [5, 5.41) is 2.39. The molecule has 1 aliphatic carbocycles. The normalized spacial score (nSPS) is 17.5. The van der Waals surface area contributed by atoms with E-state index in [1.54, 1.807) is 11.1 Å². The zero-order chi connectivity index (χ0) is 28.5. The number of benzene rings is 2. The topological polar surface area (TPSA) is 84.1 Å². The molecule has 2 aromatic carbocycles. The standard InChI is InChI=1S/C25H19F8N3O3/c26-15-3-1-2-12(6-15)11-39-16-7-14(8-16)23(38)34-10-13-4-5-17(24(28,29)30)20(21(13)27)22-35-18(25(31,32)33)9-19(37)36-22/h1-6,9,14,16H,7-8,10-11H2,(H,34,38)(H,35,36,37). The van der Waals surface area contributed by atoms with Gasteiger partial charge in [-0.3, -0.25) is 9.59 Å². The van der Waals surface area contributed by atoms with Crippen molar-refractivity contribution in [3.63, 3.8) is 0 Å². The van der Waals surface area contributed by atoms with Crippen LogP contribution in [0.2, 0.25) is 0 Å². The van der Waals surface area contributed by atoms with Gasteiger partial charge >= 0.3 is 12.4 Å². The number of H-pyrrole nitrogens is 1. The van der Waals surface area contributed by atoms with Crippen LogP contribution in [0.3, 0.4) is 0 Å². The number of hydrogen-bond donors (Lipinski definition) is 2. The number of carbonyl (C=O) groups excluding carboxylic acids is 1. The van der Waals surface area contributed by atoms with Gasteiger partial charge in [-0.2, -0.15) is 26.3 Å². The van der Waals surface area contributed by atoms with Crippen LogP contribution in [-0.4, -0.2) is 22.0 Å². The number of nitrogens with zero attached hydrogens (tertiary/aromatic N) is 1. The summed E-state index contributed by atoms with van der Waals surface area (Å²) in [4.78, 5) is 28.9. The fourth-order valence-corrected chi connectivity index (χ4v) is 4.03. The van der Waals surface area contributed by atoms with Gasteiger partial charge in [0, 0.05) is 24.1 Å². The van der Waals surface area contributed by atoms with Crippen LogP contribution in [0.25, 0.3) is 11.4 Å². The van der Waals surface area contributed by atoms with E-state index in [-0.39, 0.29) is 18.8 Å². The average Bonchev–Trinajstić information content (AvgIpc) is 2.80. The van der Waals surface area contributed by atoms with Gasteiger partial charge in [0.15, 0.2) is 5.69 Å². The first-order valence-electron chi connectivity index (χ1n) is 11.4. The zero-order valence-corrected chi connectivity index (χ0v) is 19.7. The van der Waals surface area contributed by atoms with Gasteiger partial charge in [0.05, 0.1) is 23.8 Å². The molecule has 1 amide bonds. The highest BCUT2D eigenvalue weighted by molar-refractivity contribution is 5.79. The minimum absolute atomic E-state index is 0.0342. The monoisotopic (exact) mass is 561 g/mol. The van der Waals surface area contributed by atoms with E-state index in [4.69, 9.17) is 4.74 Å². The summed E-state index contributed by atoms with van der Waals surface area (Å²) in [5.41, 5.74) is -6.14. The first-order valence-corrected chi connectivity index (χ1v) is 11.4. The predicted octanol–water partition coefficient (Wildman–Crippen LogP) is 5.36. The average molecular weight is 561 g/mol. The van der Waals surface area contributed by atoms with Crippen molar-refractivity contribution in [3.05, 3.63) is 86.8 Å². The minimum atomic E-state index is -5.20. The molecule has 208 valence electrons. The first kappa shape index (κ1) is 28.2. The van der Waals surface area contributed by atoms with Crippen LogP contribution in [0.4, 0.5) is 35.1 Å². The Hall–Kier alpha value is -3.81. The molecule has 1 fully saturated rings. The molecular formula is C25H19F8N3O3. The van der Waals surface area contributed by atoms with E-state index in [0.29, 0.717) is 24.5 Å². The van der Waals surface area contributed by atoms with Crippen LogP contribution < -0.4 is 10.9 Å². The largest absolute Gasteiger partial charge is 0.433 e. The van der Waals surface area contributed by atoms with Crippen LogP contribution in [0.15, 0.2) is 47.3 Å². The van der Waals surface area contributed by atoms with E-state index >= 15 is 4.39 Å². The van der Waals surface area contributed by atoms with Gasteiger partial charge in [0.25, 0.3) is 5.56 Å². The van der Waals surface area contributed by atoms with E-state index < -0.39 is 76.1 Å². The molecule has 2 N–H and O–H groups in total. The second-order valence-electron chi connectivity index (χ2n) is 8.89. The maximum Gasteiger partial charge on any atom is 0.433 e. The Balaban J connectivity index is 1.46. The molecule has 1 aromatic heterocycles. The number of aromatic amines is 1. The second-order valence-corrected chi connectivity index (χ2v) is 8.89. The number of aromatic nitrogens is 2. The van der Waals surface area contributed by atoms with Gasteiger partial charge < -0.3 is 15.0 Å². The lowest BCUT2D eigenvalue weighted by Crippen LogP contribution is -2.42. The third kappa shape index (κ3) is 6.61. The summed E-state index contributed by atoms with van der Waals surface area (Å²) < 4.78 is 114. The molecule has 0 unspecified atom stereocenters. The lowest BCUT2D eigenvalue weighted by molar-refractivity contribution is -0.141. The van der Waals surface area contributed by atoms with Gasteiger partial charge in [-0.1, -0.05) is 18.2 Å². The fraction of sp³-hybridized carbons (Fsp3) is 0.320. The number of alkyl halides is 6. The molecule has 1 heterocycles. The molecule has 6 nitrogen and oxygen atoms in total. The van der Waals surface area contributed by atoms with E-state index in [9.17, 15) is 40.3 Å². The SMILES string of the molecule is O=C(NCc1ccc(C(F)(F)F)c(-c2nc(C(F)(F)F)cc(=O)[nH]2)c1F)C1CC(OCc2cccc(F)c2)C1. The van der Waals surface area contributed by atoms with Crippen molar-refractivity contribution in [3.8, 4) is 11.4 Å². The molecular weight excluding hydrogens is 542 g/mol. The zero-order valence-electron chi connectivity index (χ0n) is 19.7. The number of halogens is 8. The number of amides is 1. The number of carbonyl (C=O) groups is 1. The Kier molecular flexibility index (Phi) is 7.77. The number of hydrogen-bond acceptors (Lipinski definition) is 4. The van der Waals surface area contributed by atoms with Crippen LogP contribution in [0.1, 0.15) is 35.2 Å². The van der Waals surface area contributed by atoms with E-state index in [2.05, 4.69) is 10.3 Å². The maximum atomic E-state index is 15.3. The minimum Gasteiger partial charge on any atom is -0.373 e. The number of ether oxygens (including phenoxy) is 1. The van der Waals surface area contributed by atoms with Crippen LogP contribution in [-0.2, 0) is 35.0 Å². The Labute approximate surface area is 215 Å². The van der Waals surface area contributed by atoms with Crippen molar-refractivity contribution in [1.82, 2.24) is 15.3 Å². The van der Waals surface area contributed by atoms with E-state index in [1.165, 1.54) is 18.2 Å². The first-order chi connectivity index (χ1) is 18.2. The third-order valence-electron chi connectivity index (χ3n) is 6.09. The molecule has 0 radical (unpaired) electrons. The van der Waals surface area contributed by atoms with Gasteiger partial charge in [0.2, 0.25) is 5.91 Å². The van der Waals surface area contributed by atoms with Crippen LogP contribution in [0, 0.1) is 17.6 Å². The molecule has 1 aliphatic rings. The molecule has 0 bridgehead atoms. The van der Waals surface area contributed by atoms with Gasteiger partial charge in [-0.25, -0.2) is 13.8 Å². The van der Waals surface area contributed by atoms with Gasteiger partial charge in [-0.15, -0.1) is 0 Å². The van der Waals surface area contributed by atoms with Crippen molar-refractivity contribution in [2.45, 2.75) is 44.4 Å². The van der Waals surface area contributed by atoms with Crippen LogP contribution >= 0.6 is 0 Å². The summed E-state index contributed by atoms with van der Waals surface area (Å²) in [6.45, 7) is -0.452. The third-order valence-corrected chi connectivity index (χ3v) is 6.09. The Morgan fingerprint density at radius 3 is 2.38 bits per heavy atom. The summed E-state index contributed by atoms with van der Waals surface area (Å²) >= 11 is 0. The molecule has 0 spiro atoms. The highest BCUT2D eigenvalue weighted by atomic mass is 19.4. The van der Waals surface area contributed by atoms with Crippen molar-refractivity contribution in [2.24, 2.45) is 5.92 Å². The second kappa shape index (κ2) is 10.8. The molecule has 4 rings (SSSR count). The highest BCUT2D eigenvalue weighted by Crippen LogP contribution is 2.39. The fourth-order valence-electron chi connectivity index (χ4n) is 4.03. The Morgan fingerprint density at radius 1 is 1.03 bits per heavy atom. The molecule has 39 heavy (non-hydrogen) atoms. The van der Waals surface area contributed by atoms with E-state index in [1.807, 2.05) is 0 Å². The van der Waals surface area contributed by atoms with Crippen molar-refractivity contribution < 1.29 is 44.7 Å². The Bertz CT molecular complexity index is 1430. The molecule has 3 aromatic rings. The predicted molar refractivity (Wildman–Crippen MR) is 120 cm³/mol. The maximum absolute atomic E-state index is 15.3. The summed E-state index contributed by atoms with van der Waals surface area (Å²) in [5.74, 6) is -4.34. The van der Waals surface area contributed by atoms with Crippen molar-refractivity contribution in [2.75, 3.05) is 0 Å². The van der Waals surface area contributed by atoms with Crippen molar-refractivity contribution in [1.29, 1.82) is 0 Å². The molecule has 14 heteroatoms. The molecule has 0 atom stereocenters. The van der Waals surface area contributed by atoms with Crippen molar-refractivity contribution >= 4 is 5.91 Å². The lowest BCUT2D eigenvalue weighted by atomic mass is 9.81. The summed E-state index contributed by atoms with van der Waals surface area (Å²) in [6.07, 6.45) is -10.1. The number of nitrogens with one attached hydrogen (secondary N) is 2. The molecule has 0 aliphatic heterocycles. The lowest BCUT2D eigenvalue weighted by Gasteiger charge is -2.34. The summed E-state index contributed by atoms with van der Waals surface area (Å²) in [7, 11) is 0. The Morgan fingerprint density at radius 2 is 1.74 bits per heavy atom. The molecule has 0 saturated heterocycles. The van der Waals surface area contributed by atoms with Crippen LogP contribution in [0.5, 0.6) is 0 Å². The van der Waals surface area contributed by atoms with Gasteiger partial charge in [0.1, 0.15) is 17.5 Å². The quantitative estimate of drug-likeness (QED) is 0.381. The van der Waals surface area contributed by atoms with E-state index in [0.717, 1.165) is 6.07 Å². The summed E-state index contributed by atoms with van der Waals surface area (Å²) in [6, 6.07) is 6.98. The smallest absolute Gasteiger partial charge is 0.373 e. The van der Waals surface area contributed by atoms with Gasteiger partial charge in [-0.05, 0) is 36.6 Å².